The van der Waals surface area contributed by atoms with E-state index in [1.165, 1.54) is 0 Å². The molecule has 120 valence electrons. The van der Waals surface area contributed by atoms with Gasteiger partial charge in [-0.15, -0.1) is 0 Å². The molecule has 1 aliphatic rings. The molecule has 0 spiro atoms. The highest BCUT2D eigenvalue weighted by Crippen LogP contribution is 2.16. The predicted octanol–water partition coefficient (Wildman–Crippen LogP) is 1.14. The van der Waals surface area contributed by atoms with Crippen molar-refractivity contribution < 1.29 is 19.1 Å². The second-order valence-corrected chi connectivity index (χ2v) is 6.56. The molecule has 0 aromatic heterocycles. The molecule has 0 aromatic carbocycles. The number of esters is 1. The molecule has 0 radical (unpaired) electrons. The van der Waals surface area contributed by atoms with Crippen molar-refractivity contribution in [2.75, 3.05) is 0 Å². The molecule has 1 aliphatic heterocycles. The van der Waals surface area contributed by atoms with Crippen LogP contribution in [0.1, 0.15) is 53.9 Å². The summed E-state index contributed by atoms with van der Waals surface area (Å²) < 4.78 is 5.37. The van der Waals surface area contributed by atoms with Gasteiger partial charge in [-0.05, 0) is 33.1 Å². The van der Waals surface area contributed by atoms with Crippen molar-refractivity contribution in [3.63, 3.8) is 0 Å². The number of carbonyl (C=O) groups is 3. The molecule has 6 heteroatoms. The van der Waals surface area contributed by atoms with Gasteiger partial charge in [0.15, 0.2) is 0 Å². The van der Waals surface area contributed by atoms with E-state index in [1.807, 2.05) is 13.8 Å². The standard InChI is InChI=1S/C15H26N2O4/c1-6-9(2)12(14(20)21-15(3,4)5)17-13(19)10-7-8-11(18)16-10/h9-10,12H,6-8H2,1-5H3,(H,16,18)(H,17,19)/t9-,10?,12-/m0/s1. The first-order valence-corrected chi connectivity index (χ1v) is 7.46. The second kappa shape index (κ2) is 6.91. The minimum atomic E-state index is -0.695. The van der Waals surface area contributed by atoms with E-state index in [0.29, 0.717) is 12.8 Å². The third-order valence-electron chi connectivity index (χ3n) is 3.48. The van der Waals surface area contributed by atoms with Crippen LogP contribution in [-0.4, -0.2) is 35.5 Å². The topological polar surface area (TPSA) is 84.5 Å². The average molecular weight is 298 g/mol. The summed E-state index contributed by atoms with van der Waals surface area (Å²) in [7, 11) is 0. The largest absolute Gasteiger partial charge is 0.458 e. The molecule has 1 unspecified atom stereocenters. The molecule has 6 nitrogen and oxygen atoms in total. The zero-order chi connectivity index (χ0) is 16.2. The maximum Gasteiger partial charge on any atom is 0.329 e. The number of hydrogen-bond acceptors (Lipinski definition) is 4. The fourth-order valence-electron chi connectivity index (χ4n) is 2.10. The Balaban J connectivity index is 2.72. The van der Waals surface area contributed by atoms with Gasteiger partial charge in [0.1, 0.15) is 17.7 Å². The van der Waals surface area contributed by atoms with Crippen molar-refractivity contribution in [3.8, 4) is 0 Å². The Kier molecular flexibility index (Phi) is 5.75. The molecule has 1 saturated heterocycles. The van der Waals surface area contributed by atoms with Crippen LogP contribution in [0.2, 0.25) is 0 Å². The molecule has 0 bridgehead atoms. The Hall–Kier alpha value is -1.59. The minimum Gasteiger partial charge on any atom is -0.458 e. The van der Waals surface area contributed by atoms with Gasteiger partial charge in [0.05, 0.1) is 0 Å². The zero-order valence-electron chi connectivity index (χ0n) is 13.5. The summed E-state index contributed by atoms with van der Waals surface area (Å²) >= 11 is 0. The average Bonchev–Trinajstić information content (AvgIpc) is 2.79. The zero-order valence-corrected chi connectivity index (χ0v) is 13.5. The monoisotopic (exact) mass is 298 g/mol. The number of ether oxygens (including phenoxy) is 1. The highest BCUT2D eigenvalue weighted by atomic mass is 16.6. The van der Waals surface area contributed by atoms with Crippen molar-refractivity contribution in [2.45, 2.75) is 71.6 Å². The van der Waals surface area contributed by atoms with Crippen LogP contribution in [0.4, 0.5) is 0 Å². The van der Waals surface area contributed by atoms with E-state index in [1.54, 1.807) is 20.8 Å². The lowest BCUT2D eigenvalue weighted by Crippen LogP contribution is -2.52. The first kappa shape index (κ1) is 17.5. The van der Waals surface area contributed by atoms with Crippen LogP contribution in [0.25, 0.3) is 0 Å². The Morgan fingerprint density at radius 1 is 1.43 bits per heavy atom. The lowest BCUT2D eigenvalue weighted by atomic mass is 9.98. The van der Waals surface area contributed by atoms with E-state index in [0.717, 1.165) is 6.42 Å². The molecule has 2 N–H and O–H groups in total. The van der Waals surface area contributed by atoms with Crippen molar-refractivity contribution in [2.24, 2.45) is 5.92 Å². The second-order valence-electron chi connectivity index (χ2n) is 6.56. The summed E-state index contributed by atoms with van der Waals surface area (Å²) in [5.74, 6) is -0.931. The summed E-state index contributed by atoms with van der Waals surface area (Å²) in [6, 6.07) is -1.24. The highest BCUT2D eigenvalue weighted by Gasteiger charge is 2.34. The molecule has 1 fully saturated rings. The number of carbonyl (C=O) groups excluding carboxylic acids is 3. The van der Waals surface area contributed by atoms with Gasteiger partial charge in [0.25, 0.3) is 0 Å². The SMILES string of the molecule is CC[C@H](C)[C@H](NC(=O)C1CCC(=O)N1)C(=O)OC(C)(C)C. The maximum atomic E-state index is 12.2. The minimum absolute atomic E-state index is 0.0408. The van der Waals surface area contributed by atoms with Gasteiger partial charge in [0.2, 0.25) is 11.8 Å². The van der Waals surface area contributed by atoms with Gasteiger partial charge in [-0.25, -0.2) is 4.79 Å². The molecule has 1 rings (SSSR count). The van der Waals surface area contributed by atoms with Gasteiger partial charge >= 0.3 is 5.97 Å². The van der Waals surface area contributed by atoms with Crippen molar-refractivity contribution in [3.05, 3.63) is 0 Å². The van der Waals surface area contributed by atoms with Gasteiger partial charge < -0.3 is 15.4 Å². The maximum absolute atomic E-state index is 12.2. The fraction of sp³-hybridized carbons (Fsp3) is 0.800. The smallest absolute Gasteiger partial charge is 0.329 e. The van der Waals surface area contributed by atoms with E-state index >= 15 is 0 Å². The molecule has 0 saturated carbocycles. The van der Waals surface area contributed by atoms with Crippen LogP contribution in [0.3, 0.4) is 0 Å². The number of rotatable bonds is 5. The van der Waals surface area contributed by atoms with Crippen LogP contribution in [-0.2, 0) is 19.1 Å². The summed E-state index contributed by atoms with van der Waals surface area (Å²) in [6.07, 6.45) is 1.55. The Bertz CT molecular complexity index is 414. The van der Waals surface area contributed by atoms with Gasteiger partial charge in [-0.1, -0.05) is 20.3 Å². The Labute approximate surface area is 126 Å². The lowest BCUT2D eigenvalue weighted by Gasteiger charge is -2.28. The Morgan fingerprint density at radius 3 is 2.48 bits per heavy atom. The third-order valence-corrected chi connectivity index (χ3v) is 3.48. The molecule has 0 aromatic rings. The molecule has 3 atom stereocenters. The summed E-state index contributed by atoms with van der Waals surface area (Å²) in [5.41, 5.74) is -0.602. The fourth-order valence-corrected chi connectivity index (χ4v) is 2.10. The number of amides is 2. The number of hydrogen-bond donors (Lipinski definition) is 2. The van der Waals surface area contributed by atoms with E-state index in [9.17, 15) is 14.4 Å². The molecule has 21 heavy (non-hydrogen) atoms. The van der Waals surface area contributed by atoms with Crippen molar-refractivity contribution in [1.29, 1.82) is 0 Å². The van der Waals surface area contributed by atoms with E-state index in [2.05, 4.69) is 10.6 Å². The first-order chi connectivity index (χ1) is 9.64. The lowest BCUT2D eigenvalue weighted by molar-refractivity contribution is -0.160. The van der Waals surface area contributed by atoms with Crippen LogP contribution >= 0.6 is 0 Å². The highest BCUT2D eigenvalue weighted by molar-refractivity contribution is 5.93. The van der Waals surface area contributed by atoms with Crippen LogP contribution in [0.15, 0.2) is 0 Å². The number of nitrogens with one attached hydrogen (secondary N) is 2. The van der Waals surface area contributed by atoms with Crippen LogP contribution in [0, 0.1) is 5.92 Å². The normalized spacial score (nSPS) is 21.4. The van der Waals surface area contributed by atoms with Crippen molar-refractivity contribution in [1.82, 2.24) is 10.6 Å². The molecule has 1 heterocycles. The van der Waals surface area contributed by atoms with Gasteiger partial charge in [0, 0.05) is 6.42 Å². The van der Waals surface area contributed by atoms with Gasteiger partial charge in [-0.2, -0.15) is 0 Å². The van der Waals surface area contributed by atoms with Crippen LogP contribution in [0.5, 0.6) is 0 Å². The van der Waals surface area contributed by atoms with Crippen LogP contribution < -0.4 is 10.6 Å². The third kappa shape index (κ3) is 5.36. The van der Waals surface area contributed by atoms with E-state index in [-0.39, 0.29) is 17.7 Å². The molecular weight excluding hydrogens is 272 g/mol. The van der Waals surface area contributed by atoms with Gasteiger partial charge in [-0.3, -0.25) is 9.59 Å². The predicted molar refractivity (Wildman–Crippen MR) is 78.4 cm³/mol. The summed E-state index contributed by atoms with van der Waals surface area (Å²) in [4.78, 5) is 35.6. The quantitative estimate of drug-likeness (QED) is 0.745. The van der Waals surface area contributed by atoms with Crippen molar-refractivity contribution >= 4 is 17.8 Å². The first-order valence-electron chi connectivity index (χ1n) is 7.46. The molecule has 2 amide bonds. The van der Waals surface area contributed by atoms with E-state index < -0.39 is 23.7 Å². The molecule has 0 aliphatic carbocycles. The summed E-state index contributed by atoms with van der Waals surface area (Å²) in [5, 5.41) is 5.32. The van der Waals surface area contributed by atoms with E-state index in [4.69, 9.17) is 4.74 Å². The summed E-state index contributed by atoms with van der Waals surface area (Å²) in [6.45, 7) is 9.21. The molecular formula is C15H26N2O4. The Morgan fingerprint density at radius 2 is 2.05 bits per heavy atom.